The third kappa shape index (κ3) is 12.3. The molecule has 0 aromatic rings. The molecule has 194 valence electrons. The highest BCUT2D eigenvalue weighted by atomic mass is 16.5. The summed E-state index contributed by atoms with van der Waals surface area (Å²) in [6.07, 6.45) is 5.59. The number of aldehydes is 1. The largest absolute Gasteiger partial charge is 0.468 e. The van der Waals surface area contributed by atoms with Gasteiger partial charge in [0.1, 0.15) is 12.3 Å². The number of amides is 1. The Morgan fingerprint density at radius 1 is 1.24 bits per heavy atom. The van der Waals surface area contributed by atoms with Crippen molar-refractivity contribution in [2.45, 2.75) is 65.5 Å². The Hall–Kier alpha value is -1.77. The van der Waals surface area contributed by atoms with Crippen LogP contribution in [0.5, 0.6) is 0 Å². The Morgan fingerprint density at radius 3 is 2.30 bits per heavy atom. The van der Waals surface area contributed by atoms with E-state index in [1.165, 1.54) is 13.2 Å². The quantitative estimate of drug-likeness (QED) is 0.192. The van der Waals surface area contributed by atoms with Crippen LogP contribution in [0.15, 0.2) is 12.7 Å². The van der Waals surface area contributed by atoms with Crippen molar-refractivity contribution >= 4 is 18.7 Å². The number of ether oxygens (including phenoxy) is 1. The van der Waals surface area contributed by atoms with E-state index < -0.39 is 0 Å². The maximum Gasteiger partial charge on any atom is 0.323 e. The number of rotatable bonds is 13. The van der Waals surface area contributed by atoms with E-state index in [4.69, 9.17) is 9.53 Å². The first-order chi connectivity index (χ1) is 15.7. The fraction of sp³-hybridized carbons (Fsp3) is 0.800. The van der Waals surface area contributed by atoms with E-state index in [9.17, 15) is 9.59 Å². The number of carbonyl (C=O) groups excluding carboxylic acids is 3. The number of methoxy groups -OCH3 is 1. The van der Waals surface area contributed by atoms with E-state index in [1.54, 1.807) is 0 Å². The van der Waals surface area contributed by atoms with Crippen molar-refractivity contribution in [3.63, 3.8) is 0 Å². The molecular weight excluding hydrogens is 420 g/mol. The van der Waals surface area contributed by atoms with E-state index in [-0.39, 0.29) is 23.5 Å². The average Bonchev–Trinajstić information content (AvgIpc) is 2.81. The van der Waals surface area contributed by atoms with Gasteiger partial charge in [-0.15, -0.1) is 0 Å². The zero-order valence-corrected chi connectivity index (χ0v) is 22.4. The number of likely N-dealkylation sites (N-methyl/N-ethyl adjacent to an activating group) is 2. The van der Waals surface area contributed by atoms with Gasteiger partial charge in [0.15, 0.2) is 0 Å². The molecule has 1 amide bonds. The van der Waals surface area contributed by atoms with Crippen LogP contribution < -0.4 is 5.32 Å². The smallest absolute Gasteiger partial charge is 0.323 e. The lowest BCUT2D eigenvalue weighted by Crippen LogP contribution is -2.63. The van der Waals surface area contributed by atoms with Crippen molar-refractivity contribution in [2.75, 3.05) is 60.5 Å². The number of nitrogens with one attached hydrogen (secondary N) is 1. The zero-order valence-electron chi connectivity index (χ0n) is 22.4. The summed E-state index contributed by atoms with van der Waals surface area (Å²) < 4.78 is 5.02. The van der Waals surface area contributed by atoms with Crippen LogP contribution in [0.3, 0.4) is 0 Å². The molecule has 1 aliphatic rings. The molecule has 8 heteroatoms. The van der Waals surface area contributed by atoms with E-state index in [0.717, 1.165) is 58.4 Å². The minimum absolute atomic E-state index is 0.00489. The summed E-state index contributed by atoms with van der Waals surface area (Å²) >= 11 is 0. The maximum absolute atomic E-state index is 12.2. The zero-order chi connectivity index (χ0) is 25.9. The maximum atomic E-state index is 12.2. The fourth-order valence-electron chi connectivity index (χ4n) is 4.40. The van der Waals surface area contributed by atoms with Gasteiger partial charge in [-0.05, 0) is 51.9 Å². The standard InChI is InChI=1S/C20H40N4O3.C3H4O.C2H6/c1-7-11-24-14-13-22(4)15-20(24,8-10-21-16-25)9-12-23(5)18(17(2)3)19(26)27-6;1-2-3-4;1-2/h16-18H,7-15H2,1-6H3,(H,21,25);2-3H,1H2;1-2H3. The Labute approximate surface area is 202 Å². The van der Waals surface area contributed by atoms with Crippen molar-refractivity contribution in [3.05, 3.63) is 12.7 Å². The van der Waals surface area contributed by atoms with Gasteiger partial charge in [0.2, 0.25) is 6.41 Å². The SMILES string of the molecule is C=CC=O.CC.CCCN1CCN(C)CC1(CCNC=O)CCN(C)C(C(=O)OC)C(C)C. The number of nitrogens with zero attached hydrogens (tertiary/aromatic N) is 3. The molecule has 0 aromatic carbocycles. The first-order valence-electron chi connectivity index (χ1n) is 12.2. The molecule has 1 aliphatic heterocycles. The number of allylic oxidation sites excluding steroid dienone is 1. The van der Waals surface area contributed by atoms with Crippen molar-refractivity contribution in [1.29, 1.82) is 0 Å². The topological polar surface area (TPSA) is 82.2 Å². The summed E-state index contributed by atoms with van der Waals surface area (Å²) in [6, 6.07) is -0.235. The van der Waals surface area contributed by atoms with Gasteiger partial charge < -0.3 is 15.0 Å². The van der Waals surface area contributed by atoms with Gasteiger partial charge in [-0.3, -0.25) is 24.2 Å². The molecule has 0 bridgehead atoms. The fourth-order valence-corrected chi connectivity index (χ4v) is 4.40. The van der Waals surface area contributed by atoms with Crippen LogP contribution in [0.25, 0.3) is 0 Å². The van der Waals surface area contributed by atoms with Gasteiger partial charge in [0.25, 0.3) is 0 Å². The Kier molecular flexibility index (Phi) is 19.9. The second-order valence-corrected chi connectivity index (χ2v) is 8.59. The molecule has 2 unspecified atom stereocenters. The molecule has 0 radical (unpaired) electrons. The minimum Gasteiger partial charge on any atom is -0.468 e. The van der Waals surface area contributed by atoms with Crippen LogP contribution in [0.2, 0.25) is 0 Å². The monoisotopic (exact) mass is 470 g/mol. The molecule has 0 aliphatic carbocycles. The molecule has 8 nitrogen and oxygen atoms in total. The lowest BCUT2D eigenvalue weighted by Gasteiger charge is -2.51. The van der Waals surface area contributed by atoms with Crippen LogP contribution in [-0.4, -0.2) is 105 Å². The first kappa shape index (κ1) is 33.4. The third-order valence-electron chi connectivity index (χ3n) is 5.87. The molecular formula is C25H50N4O4. The van der Waals surface area contributed by atoms with Crippen molar-refractivity contribution in [2.24, 2.45) is 5.92 Å². The molecule has 1 N–H and O–H groups in total. The molecule has 1 saturated heterocycles. The van der Waals surface area contributed by atoms with E-state index in [2.05, 4.69) is 54.4 Å². The number of hydrogen-bond acceptors (Lipinski definition) is 7. The summed E-state index contributed by atoms with van der Waals surface area (Å²) in [5, 5.41) is 2.84. The van der Waals surface area contributed by atoms with Crippen LogP contribution in [0.4, 0.5) is 0 Å². The minimum atomic E-state index is -0.235. The van der Waals surface area contributed by atoms with Crippen LogP contribution in [0, 0.1) is 5.92 Å². The van der Waals surface area contributed by atoms with Crippen molar-refractivity contribution in [3.8, 4) is 0 Å². The molecule has 1 fully saturated rings. The second kappa shape index (κ2) is 19.7. The van der Waals surface area contributed by atoms with E-state index in [1.807, 2.05) is 20.9 Å². The van der Waals surface area contributed by atoms with Crippen molar-refractivity contribution < 1.29 is 19.1 Å². The second-order valence-electron chi connectivity index (χ2n) is 8.59. The van der Waals surface area contributed by atoms with E-state index in [0.29, 0.717) is 12.8 Å². The Bertz CT molecular complexity index is 538. The molecule has 1 heterocycles. The van der Waals surface area contributed by atoms with Gasteiger partial charge in [0, 0.05) is 38.3 Å². The Balaban J connectivity index is 0. The summed E-state index contributed by atoms with van der Waals surface area (Å²) in [5.74, 6) is 0.0197. The van der Waals surface area contributed by atoms with Crippen molar-refractivity contribution in [1.82, 2.24) is 20.0 Å². The molecule has 2 atom stereocenters. The van der Waals surface area contributed by atoms with Gasteiger partial charge in [-0.25, -0.2) is 0 Å². The molecule has 0 aromatic heterocycles. The Morgan fingerprint density at radius 2 is 1.85 bits per heavy atom. The normalized spacial score (nSPS) is 19.5. The number of esters is 1. The average molecular weight is 471 g/mol. The van der Waals surface area contributed by atoms with Gasteiger partial charge in [-0.2, -0.15) is 0 Å². The molecule has 1 rings (SSSR count). The first-order valence-corrected chi connectivity index (χ1v) is 12.2. The van der Waals surface area contributed by atoms with Crippen LogP contribution >= 0.6 is 0 Å². The number of piperazine rings is 1. The summed E-state index contributed by atoms with van der Waals surface area (Å²) in [7, 11) is 5.63. The van der Waals surface area contributed by atoms with Crippen LogP contribution in [0.1, 0.15) is 53.9 Å². The predicted octanol–water partition coefficient (Wildman–Crippen LogP) is 2.44. The number of carbonyl (C=O) groups is 3. The summed E-state index contributed by atoms with van der Waals surface area (Å²) in [6.45, 7) is 19.1. The highest BCUT2D eigenvalue weighted by Crippen LogP contribution is 2.29. The highest BCUT2D eigenvalue weighted by molar-refractivity contribution is 5.75. The molecule has 33 heavy (non-hydrogen) atoms. The van der Waals surface area contributed by atoms with Gasteiger partial charge in [0.05, 0.1) is 7.11 Å². The third-order valence-corrected chi connectivity index (χ3v) is 5.87. The summed E-state index contributed by atoms with van der Waals surface area (Å²) in [5.41, 5.74) is 0.00489. The van der Waals surface area contributed by atoms with E-state index >= 15 is 0 Å². The van der Waals surface area contributed by atoms with Gasteiger partial charge in [-0.1, -0.05) is 41.2 Å². The lowest BCUT2D eigenvalue weighted by molar-refractivity contribution is -0.148. The predicted molar refractivity (Wildman–Crippen MR) is 136 cm³/mol. The van der Waals surface area contributed by atoms with Gasteiger partial charge >= 0.3 is 5.97 Å². The molecule has 0 spiro atoms. The van der Waals surface area contributed by atoms with Crippen LogP contribution in [-0.2, 0) is 19.1 Å². The lowest BCUT2D eigenvalue weighted by atomic mass is 9.85. The summed E-state index contributed by atoms with van der Waals surface area (Å²) in [4.78, 5) is 39.2. The highest BCUT2D eigenvalue weighted by Gasteiger charge is 2.40. The molecule has 0 saturated carbocycles. The number of hydrogen-bond donors (Lipinski definition) is 1.